The van der Waals surface area contributed by atoms with Gasteiger partial charge in [-0.2, -0.15) is 0 Å². The monoisotopic (exact) mass is 513 g/mol. The molecule has 8 heteroatoms. The topological polar surface area (TPSA) is 86.8 Å². The zero-order valence-corrected chi connectivity index (χ0v) is 22.7. The smallest absolute Gasteiger partial charge is 0.244 e. The van der Waals surface area contributed by atoms with Gasteiger partial charge in [0, 0.05) is 12.6 Å². The molecule has 1 atom stereocenters. The van der Waals surface area contributed by atoms with Crippen LogP contribution in [0.1, 0.15) is 62.1 Å². The van der Waals surface area contributed by atoms with Gasteiger partial charge in [0.1, 0.15) is 12.6 Å². The van der Waals surface area contributed by atoms with Gasteiger partial charge in [-0.1, -0.05) is 74.7 Å². The molecule has 1 saturated carbocycles. The van der Waals surface area contributed by atoms with E-state index in [1.54, 1.807) is 4.90 Å². The van der Waals surface area contributed by atoms with Gasteiger partial charge in [-0.3, -0.25) is 13.9 Å². The highest BCUT2D eigenvalue weighted by Crippen LogP contribution is 2.27. The molecule has 2 aromatic rings. The lowest BCUT2D eigenvalue weighted by Crippen LogP contribution is -2.54. The van der Waals surface area contributed by atoms with Crippen molar-refractivity contribution in [3.8, 4) is 0 Å². The van der Waals surface area contributed by atoms with E-state index in [2.05, 4.69) is 5.32 Å². The molecule has 36 heavy (non-hydrogen) atoms. The maximum atomic E-state index is 13.8. The van der Waals surface area contributed by atoms with Gasteiger partial charge in [-0.25, -0.2) is 8.42 Å². The average Bonchev–Trinajstić information content (AvgIpc) is 2.83. The van der Waals surface area contributed by atoms with E-state index in [-0.39, 0.29) is 25.0 Å². The Morgan fingerprint density at radius 2 is 1.58 bits per heavy atom. The molecular weight excluding hydrogens is 474 g/mol. The standard InChI is InChI=1S/C28H39N3O4S/c1-5-25(28(33)29-24-17-10-7-11-18-24)30(19-23-15-8-6-9-16-23)26(32)20-31(36(4,34)35)27-21(2)13-12-14-22(27)3/h6,8-9,12-16,24-25H,5,7,10-11,17-20H2,1-4H3,(H,29,33)/t25-/m1/s1. The van der Waals surface area contributed by atoms with Crippen molar-refractivity contribution in [1.29, 1.82) is 0 Å². The first-order chi connectivity index (χ1) is 17.1. The van der Waals surface area contributed by atoms with Crippen LogP contribution in [-0.2, 0) is 26.2 Å². The largest absolute Gasteiger partial charge is 0.352 e. The Bertz CT molecular complexity index is 1120. The lowest BCUT2D eigenvalue weighted by molar-refractivity contribution is -0.140. The van der Waals surface area contributed by atoms with E-state index in [0.29, 0.717) is 12.1 Å². The van der Waals surface area contributed by atoms with Crippen LogP contribution in [0.2, 0.25) is 0 Å². The number of hydrogen-bond donors (Lipinski definition) is 1. The summed E-state index contributed by atoms with van der Waals surface area (Å²) in [5.41, 5.74) is 2.93. The molecule has 0 aromatic heterocycles. The van der Waals surface area contributed by atoms with E-state index in [0.717, 1.165) is 48.6 Å². The third kappa shape index (κ3) is 7.09. The van der Waals surface area contributed by atoms with Gasteiger partial charge in [0.2, 0.25) is 21.8 Å². The first kappa shape index (κ1) is 27.7. The Hall–Kier alpha value is -2.87. The normalized spacial score (nSPS) is 15.2. The third-order valence-electron chi connectivity index (χ3n) is 6.90. The molecule has 0 radical (unpaired) electrons. The number of rotatable bonds is 10. The minimum atomic E-state index is -3.75. The van der Waals surface area contributed by atoms with Crippen LogP contribution in [0.5, 0.6) is 0 Å². The number of aryl methyl sites for hydroxylation is 2. The summed E-state index contributed by atoms with van der Waals surface area (Å²) < 4.78 is 26.9. The number of nitrogens with zero attached hydrogens (tertiary/aromatic N) is 2. The van der Waals surface area contributed by atoms with E-state index < -0.39 is 22.0 Å². The van der Waals surface area contributed by atoms with Crippen LogP contribution in [0.25, 0.3) is 0 Å². The summed E-state index contributed by atoms with van der Waals surface area (Å²) in [5.74, 6) is -0.579. The molecule has 0 spiro atoms. The van der Waals surface area contributed by atoms with E-state index in [1.165, 1.54) is 10.7 Å². The molecule has 1 aliphatic rings. The molecule has 196 valence electrons. The van der Waals surface area contributed by atoms with Crippen LogP contribution in [0.3, 0.4) is 0 Å². The fourth-order valence-electron chi connectivity index (χ4n) is 5.02. The maximum Gasteiger partial charge on any atom is 0.244 e. The molecule has 1 fully saturated rings. The molecule has 2 amide bonds. The van der Waals surface area contributed by atoms with Crippen molar-refractivity contribution in [2.45, 2.75) is 77.9 Å². The summed E-state index contributed by atoms with van der Waals surface area (Å²) in [6.45, 7) is 5.40. The van der Waals surface area contributed by atoms with E-state index in [4.69, 9.17) is 0 Å². The van der Waals surface area contributed by atoms with Crippen LogP contribution < -0.4 is 9.62 Å². The number of carbonyl (C=O) groups excluding carboxylic acids is 2. The van der Waals surface area contributed by atoms with Crippen LogP contribution >= 0.6 is 0 Å². The maximum absolute atomic E-state index is 13.8. The lowest BCUT2D eigenvalue weighted by Gasteiger charge is -2.34. The third-order valence-corrected chi connectivity index (χ3v) is 8.01. The number of anilines is 1. The molecule has 3 rings (SSSR count). The average molecular weight is 514 g/mol. The first-order valence-corrected chi connectivity index (χ1v) is 14.6. The number of sulfonamides is 1. The number of benzene rings is 2. The molecule has 0 aliphatic heterocycles. The summed E-state index contributed by atoms with van der Waals surface area (Å²) in [6, 6.07) is 14.4. The van der Waals surface area contributed by atoms with Crippen LogP contribution in [0, 0.1) is 13.8 Å². The van der Waals surface area contributed by atoms with Gasteiger partial charge < -0.3 is 10.2 Å². The zero-order chi connectivity index (χ0) is 26.3. The minimum Gasteiger partial charge on any atom is -0.352 e. The van der Waals surface area contributed by atoms with Crippen LogP contribution in [0.4, 0.5) is 5.69 Å². The molecule has 0 heterocycles. The molecule has 1 N–H and O–H groups in total. The fourth-order valence-corrected chi connectivity index (χ4v) is 5.98. The summed E-state index contributed by atoms with van der Waals surface area (Å²) in [5, 5.41) is 3.16. The number of carbonyl (C=O) groups is 2. The van der Waals surface area contributed by atoms with Crippen molar-refractivity contribution in [1.82, 2.24) is 10.2 Å². The zero-order valence-electron chi connectivity index (χ0n) is 21.9. The fraction of sp³-hybridized carbons (Fsp3) is 0.500. The Morgan fingerprint density at radius 1 is 0.972 bits per heavy atom. The molecule has 0 saturated heterocycles. The number of amides is 2. The van der Waals surface area contributed by atoms with E-state index in [9.17, 15) is 18.0 Å². The predicted molar refractivity (Wildman–Crippen MR) is 144 cm³/mol. The number of hydrogen-bond acceptors (Lipinski definition) is 4. The Labute approximate surface area is 215 Å². The van der Waals surface area contributed by atoms with Gasteiger partial charge in [-0.15, -0.1) is 0 Å². The van der Waals surface area contributed by atoms with Crippen molar-refractivity contribution in [3.05, 3.63) is 65.2 Å². The van der Waals surface area contributed by atoms with Crippen molar-refractivity contribution < 1.29 is 18.0 Å². The molecule has 7 nitrogen and oxygen atoms in total. The van der Waals surface area contributed by atoms with Gasteiger partial charge in [0.05, 0.1) is 11.9 Å². The van der Waals surface area contributed by atoms with E-state index in [1.807, 2.05) is 69.3 Å². The highest BCUT2D eigenvalue weighted by molar-refractivity contribution is 7.92. The van der Waals surface area contributed by atoms with Gasteiger partial charge in [0.25, 0.3) is 0 Å². The van der Waals surface area contributed by atoms with Crippen molar-refractivity contribution in [2.24, 2.45) is 0 Å². The quantitative estimate of drug-likeness (QED) is 0.512. The second kappa shape index (κ2) is 12.4. The molecular formula is C28H39N3O4S. The summed E-state index contributed by atoms with van der Waals surface area (Å²) in [7, 11) is -3.75. The summed E-state index contributed by atoms with van der Waals surface area (Å²) in [6.07, 6.45) is 6.80. The molecule has 0 bridgehead atoms. The Morgan fingerprint density at radius 3 is 2.14 bits per heavy atom. The van der Waals surface area contributed by atoms with Gasteiger partial charge in [-0.05, 0) is 49.8 Å². The van der Waals surface area contributed by atoms with Crippen LogP contribution in [-0.4, -0.2) is 50.0 Å². The van der Waals surface area contributed by atoms with Crippen molar-refractivity contribution in [2.75, 3.05) is 17.1 Å². The minimum absolute atomic E-state index is 0.121. The first-order valence-electron chi connectivity index (χ1n) is 12.8. The Kier molecular flexibility index (Phi) is 9.54. The summed E-state index contributed by atoms with van der Waals surface area (Å²) in [4.78, 5) is 28.8. The molecule has 2 aromatic carbocycles. The SMILES string of the molecule is CC[C@H](C(=O)NC1CCCCC1)N(Cc1ccccc1)C(=O)CN(c1c(C)cccc1C)S(C)(=O)=O. The van der Waals surface area contributed by atoms with Crippen LogP contribution in [0.15, 0.2) is 48.5 Å². The highest BCUT2D eigenvalue weighted by Gasteiger charge is 2.33. The molecule has 1 aliphatic carbocycles. The van der Waals surface area contributed by atoms with Crippen molar-refractivity contribution in [3.63, 3.8) is 0 Å². The van der Waals surface area contributed by atoms with Gasteiger partial charge in [0.15, 0.2) is 0 Å². The highest BCUT2D eigenvalue weighted by atomic mass is 32.2. The molecule has 0 unspecified atom stereocenters. The second-order valence-corrected chi connectivity index (χ2v) is 11.7. The van der Waals surface area contributed by atoms with E-state index >= 15 is 0 Å². The van der Waals surface area contributed by atoms with Gasteiger partial charge >= 0.3 is 0 Å². The second-order valence-electron chi connectivity index (χ2n) is 9.78. The van der Waals surface area contributed by atoms with Crippen molar-refractivity contribution >= 4 is 27.5 Å². The lowest BCUT2D eigenvalue weighted by atomic mass is 9.95. The predicted octanol–water partition coefficient (Wildman–Crippen LogP) is 4.33. The Balaban J connectivity index is 1.93. The number of para-hydroxylation sites is 1. The summed E-state index contributed by atoms with van der Waals surface area (Å²) >= 11 is 0. The number of nitrogens with one attached hydrogen (secondary N) is 1.